The highest BCUT2D eigenvalue weighted by molar-refractivity contribution is 6.17. The summed E-state index contributed by atoms with van der Waals surface area (Å²) in [6.07, 6.45) is 3.76. The van der Waals surface area contributed by atoms with Gasteiger partial charge in [0.15, 0.2) is 0 Å². The van der Waals surface area contributed by atoms with Gasteiger partial charge in [0.05, 0.1) is 11.0 Å². The minimum atomic E-state index is 0.262. The van der Waals surface area contributed by atoms with Gasteiger partial charge in [0.25, 0.3) is 0 Å². The van der Waals surface area contributed by atoms with Crippen LogP contribution in [-0.4, -0.2) is 9.55 Å². The van der Waals surface area contributed by atoms with Gasteiger partial charge in [0.1, 0.15) is 5.82 Å². The van der Waals surface area contributed by atoms with Crippen molar-refractivity contribution in [2.75, 3.05) is 0 Å². The van der Waals surface area contributed by atoms with Crippen molar-refractivity contribution in [2.24, 2.45) is 11.3 Å². The second-order valence-electron chi connectivity index (χ2n) is 7.28. The summed E-state index contributed by atoms with van der Waals surface area (Å²) in [5.74, 6) is 2.64. The van der Waals surface area contributed by atoms with E-state index in [1.165, 1.54) is 24.2 Å². The Kier molecular flexibility index (Phi) is 3.53. The number of rotatable bonds is 4. The number of imidazole rings is 1. The molecule has 2 aromatic rings. The Bertz CT molecular complexity index is 618. The van der Waals surface area contributed by atoms with E-state index in [1.54, 1.807) is 0 Å². The Labute approximate surface area is 126 Å². The number of halogens is 1. The van der Waals surface area contributed by atoms with Gasteiger partial charge in [0.2, 0.25) is 0 Å². The lowest BCUT2D eigenvalue weighted by molar-refractivity contribution is 0.391. The average molecular weight is 291 g/mol. The molecule has 0 spiro atoms. The van der Waals surface area contributed by atoms with E-state index in [1.807, 2.05) is 0 Å². The van der Waals surface area contributed by atoms with Crippen molar-refractivity contribution in [3.63, 3.8) is 0 Å². The third kappa shape index (κ3) is 3.01. The highest BCUT2D eigenvalue weighted by atomic mass is 35.5. The van der Waals surface area contributed by atoms with Crippen molar-refractivity contribution in [1.82, 2.24) is 9.55 Å². The summed E-state index contributed by atoms with van der Waals surface area (Å²) in [5, 5.41) is 0. The molecule has 0 atom stereocenters. The van der Waals surface area contributed by atoms with E-state index in [4.69, 9.17) is 16.6 Å². The molecule has 0 N–H and O–H groups in total. The van der Waals surface area contributed by atoms with Crippen LogP contribution in [0.25, 0.3) is 11.0 Å². The van der Waals surface area contributed by atoms with Crippen molar-refractivity contribution in [1.29, 1.82) is 0 Å². The first-order valence-electron chi connectivity index (χ1n) is 7.50. The normalized spacial score (nSPS) is 16.0. The lowest BCUT2D eigenvalue weighted by Gasteiger charge is -2.18. The Balaban J connectivity index is 2.05. The van der Waals surface area contributed by atoms with Crippen LogP contribution in [0, 0.1) is 11.3 Å². The van der Waals surface area contributed by atoms with Crippen LogP contribution >= 0.6 is 11.6 Å². The second kappa shape index (κ2) is 5.07. The highest BCUT2D eigenvalue weighted by Gasteiger charge is 2.25. The number of hydrogen-bond donors (Lipinski definition) is 0. The molecule has 108 valence electrons. The Morgan fingerprint density at radius 3 is 2.65 bits per heavy atom. The first-order valence-corrected chi connectivity index (χ1v) is 8.04. The highest BCUT2D eigenvalue weighted by Crippen LogP contribution is 2.33. The van der Waals surface area contributed by atoms with Crippen molar-refractivity contribution in [2.45, 2.75) is 52.5 Å². The molecule has 1 heterocycles. The number of hydrogen-bond acceptors (Lipinski definition) is 1. The molecule has 3 rings (SSSR count). The monoisotopic (exact) mass is 290 g/mol. The predicted octanol–water partition coefficient (Wildman–Crippen LogP) is 4.77. The molecular weight excluding hydrogens is 268 g/mol. The van der Waals surface area contributed by atoms with Crippen LogP contribution in [0.5, 0.6) is 0 Å². The number of benzene rings is 1. The smallest absolute Gasteiger partial charge is 0.110 e. The van der Waals surface area contributed by atoms with E-state index in [9.17, 15) is 0 Å². The second-order valence-corrected chi connectivity index (χ2v) is 7.54. The molecule has 0 aliphatic heterocycles. The Morgan fingerprint density at radius 2 is 2.05 bits per heavy atom. The molecule has 0 radical (unpaired) electrons. The van der Waals surface area contributed by atoms with E-state index >= 15 is 0 Å². The number of aromatic nitrogens is 2. The van der Waals surface area contributed by atoms with Crippen LogP contribution < -0.4 is 0 Å². The van der Waals surface area contributed by atoms with Gasteiger partial charge in [0, 0.05) is 18.8 Å². The molecule has 2 nitrogen and oxygen atoms in total. The van der Waals surface area contributed by atoms with Crippen LogP contribution in [0.3, 0.4) is 0 Å². The molecule has 1 aliphatic rings. The molecule has 3 heteroatoms. The Morgan fingerprint density at radius 1 is 1.30 bits per heavy atom. The third-order valence-corrected chi connectivity index (χ3v) is 4.18. The summed E-state index contributed by atoms with van der Waals surface area (Å²) in [4.78, 5) is 4.89. The first kappa shape index (κ1) is 13.9. The minimum absolute atomic E-state index is 0.262. The zero-order chi connectivity index (χ0) is 14.3. The fraction of sp³-hybridized carbons (Fsp3) is 0.588. The SMILES string of the molecule is CC(C)(C)Cc1nc2cc(CCl)ccc2n1CC1CC1. The molecule has 1 saturated carbocycles. The van der Waals surface area contributed by atoms with Gasteiger partial charge >= 0.3 is 0 Å². The van der Waals surface area contributed by atoms with Gasteiger partial charge < -0.3 is 4.57 Å². The maximum Gasteiger partial charge on any atom is 0.110 e. The summed E-state index contributed by atoms with van der Waals surface area (Å²) in [5.41, 5.74) is 3.78. The molecule has 0 amide bonds. The van der Waals surface area contributed by atoms with Gasteiger partial charge in [-0.3, -0.25) is 0 Å². The van der Waals surface area contributed by atoms with Crippen molar-refractivity contribution in [3.8, 4) is 0 Å². The molecule has 0 saturated heterocycles. The molecule has 1 aliphatic carbocycles. The quantitative estimate of drug-likeness (QED) is 0.741. The molecule has 0 unspecified atom stereocenters. The number of fused-ring (bicyclic) bond motifs is 1. The van der Waals surface area contributed by atoms with Crippen molar-refractivity contribution < 1.29 is 0 Å². The van der Waals surface area contributed by atoms with Crippen molar-refractivity contribution in [3.05, 3.63) is 29.6 Å². The van der Waals surface area contributed by atoms with Crippen LogP contribution in [0.2, 0.25) is 0 Å². The fourth-order valence-electron chi connectivity index (χ4n) is 2.68. The molecule has 20 heavy (non-hydrogen) atoms. The van der Waals surface area contributed by atoms with Gasteiger partial charge in [-0.05, 0) is 41.9 Å². The van der Waals surface area contributed by atoms with Gasteiger partial charge in [-0.2, -0.15) is 0 Å². The third-order valence-electron chi connectivity index (χ3n) is 3.87. The number of alkyl halides is 1. The molecule has 1 aromatic carbocycles. The molecular formula is C17H23ClN2. The average Bonchev–Trinajstić information content (AvgIpc) is 3.12. The first-order chi connectivity index (χ1) is 9.46. The van der Waals surface area contributed by atoms with E-state index in [2.05, 4.69) is 43.5 Å². The summed E-state index contributed by atoms with van der Waals surface area (Å²) in [6.45, 7) is 7.95. The summed E-state index contributed by atoms with van der Waals surface area (Å²) in [6, 6.07) is 6.45. The minimum Gasteiger partial charge on any atom is -0.328 e. The van der Waals surface area contributed by atoms with E-state index in [-0.39, 0.29) is 5.41 Å². The molecule has 1 aromatic heterocycles. The van der Waals surface area contributed by atoms with Crippen LogP contribution in [0.4, 0.5) is 0 Å². The van der Waals surface area contributed by atoms with E-state index < -0.39 is 0 Å². The van der Waals surface area contributed by atoms with Crippen LogP contribution in [0.1, 0.15) is 45.0 Å². The van der Waals surface area contributed by atoms with E-state index in [0.29, 0.717) is 5.88 Å². The number of nitrogens with zero attached hydrogens (tertiary/aromatic N) is 2. The Hall–Kier alpha value is -1.02. The van der Waals surface area contributed by atoms with Crippen LogP contribution in [-0.2, 0) is 18.8 Å². The zero-order valence-corrected chi connectivity index (χ0v) is 13.4. The maximum atomic E-state index is 5.94. The lowest BCUT2D eigenvalue weighted by Crippen LogP contribution is -2.15. The van der Waals surface area contributed by atoms with E-state index in [0.717, 1.165) is 30.0 Å². The molecule has 0 bridgehead atoms. The summed E-state index contributed by atoms with van der Waals surface area (Å²) >= 11 is 5.94. The van der Waals surface area contributed by atoms with Gasteiger partial charge in [-0.1, -0.05) is 26.8 Å². The van der Waals surface area contributed by atoms with Gasteiger partial charge in [-0.15, -0.1) is 11.6 Å². The largest absolute Gasteiger partial charge is 0.328 e. The molecule has 1 fully saturated rings. The zero-order valence-electron chi connectivity index (χ0n) is 12.6. The maximum absolute atomic E-state index is 5.94. The summed E-state index contributed by atoms with van der Waals surface area (Å²) < 4.78 is 2.44. The fourth-order valence-corrected chi connectivity index (χ4v) is 2.85. The van der Waals surface area contributed by atoms with Crippen molar-refractivity contribution >= 4 is 22.6 Å². The lowest BCUT2D eigenvalue weighted by atomic mass is 9.92. The summed E-state index contributed by atoms with van der Waals surface area (Å²) in [7, 11) is 0. The van der Waals surface area contributed by atoms with Crippen LogP contribution in [0.15, 0.2) is 18.2 Å². The topological polar surface area (TPSA) is 17.8 Å². The predicted molar refractivity (Wildman–Crippen MR) is 85.2 cm³/mol. The van der Waals surface area contributed by atoms with Gasteiger partial charge in [-0.25, -0.2) is 4.98 Å². The standard InChI is InChI=1S/C17H23ClN2/c1-17(2,3)9-16-19-14-8-13(10-18)6-7-15(14)20(16)11-12-4-5-12/h6-8,12H,4-5,9-11H2,1-3H3.